The van der Waals surface area contributed by atoms with Crippen molar-refractivity contribution in [2.45, 2.75) is 11.8 Å². The van der Waals surface area contributed by atoms with Crippen LogP contribution in [0.4, 0.5) is 5.69 Å². The van der Waals surface area contributed by atoms with Crippen LogP contribution >= 0.6 is 0 Å². The number of anilines is 1. The van der Waals surface area contributed by atoms with Gasteiger partial charge in [-0.25, -0.2) is 13.2 Å². The van der Waals surface area contributed by atoms with Crippen molar-refractivity contribution >= 4 is 33.5 Å². The smallest absolute Gasteiger partial charge is 0.335 e. The number of benzene rings is 3. The molecule has 2 N–H and O–H groups in total. The summed E-state index contributed by atoms with van der Waals surface area (Å²) in [5, 5.41) is 8.90. The second-order valence-electron chi connectivity index (χ2n) is 6.62. The summed E-state index contributed by atoms with van der Waals surface area (Å²) < 4.78 is 27.3. The first kappa shape index (κ1) is 21.0. The third kappa shape index (κ3) is 5.21. The minimum atomic E-state index is -3.71. The van der Waals surface area contributed by atoms with Gasteiger partial charge >= 0.3 is 5.97 Å². The van der Waals surface area contributed by atoms with Crippen molar-refractivity contribution in [2.24, 2.45) is 0 Å². The Labute approximate surface area is 174 Å². The van der Waals surface area contributed by atoms with E-state index in [-0.39, 0.29) is 16.2 Å². The molecule has 0 bridgehead atoms. The molecule has 0 heterocycles. The molecule has 0 unspecified atom stereocenters. The van der Waals surface area contributed by atoms with Crippen LogP contribution in [0.15, 0.2) is 83.8 Å². The van der Waals surface area contributed by atoms with Crippen LogP contribution in [0.3, 0.4) is 0 Å². The molecular weight excluding hydrogens is 402 g/mol. The second-order valence-corrected chi connectivity index (χ2v) is 8.30. The fraction of sp³-hybridized carbons (Fsp3) is 0.0435. The number of hydrogen-bond donors (Lipinski definition) is 2. The molecule has 0 saturated heterocycles. The molecule has 0 aliphatic rings. The monoisotopic (exact) mass is 421 g/mol. The predicted octanol–water partition coefficient (Wildman–Crippen LogP) is 4.39. The number of allylic oxidation sites excluding steroid dienone is 1. The van der Waals surface area contributed by atoms with E-state index >= 15 is 0 Å². The van der Waals surface area contributed by atoms with Crippen molar-refractivity contribution in [3.63, 3.8) is 0 Å². The highest BCUT2D eigenvalue weighted by Gasteiger charge is 2.14. The first-order valence-electron chi connectivity index (χ1n) is 9.00. The van der Waals surface area contributed by atoms with Crippen molar-refractivity contribution in [1.82, 2.24) is 0 Å². The summed E-state index contributed by atoms with van der Waals surface area (Å²) in [5.74, 6) is -1.27. The van der Waals surface area contributed by atoms with E-state index in [1.165, 1.54) is 54.6 Å². The molecule has 0 aliphatic carbocycles. The Morgan fingerprint density at radius 3 is 1.97 bits per heavy atom. The number of sulfonamides is 1. The summed E-state index contributed by atoms with van der Waals surface area (Å²) in [6.45, 7) is 1.87. The van der Waals surface area contributed by atoms with Crippen molar-refractivity contribution in [1.29, 1.82) is 0 Å². The average molecular weight is 421 g/mol. The van der Waals surface area contributed by atoms with Gasteiger partial charge in [0.2, 0.25) is 0 Å². The van der Waals surface area contributed by atoms with Gasteiger partial charge in [-0.1, -0.05) is 35.9 Å². The molecule has 152 valence electrons. The number of ketones is 1. The zero-order valence-corrected chi connectivity index (χ0v) is 16.9. The highest BCUT2D eigenvalue weighted by atomic mass is 32.2. The number of carbonyl (C=O) groups is 2. The molecule has 0 aromatic heterocycles. The molecule has 6 nitrogen and oxygen atoms in total. The van der Waals surface area contributed by atoms with E-state index in [4.69, 9.17) is 5.11 Å². The van der Waals surface area contributed by atoms with Gasteiger partial charge in [-0.05, 0) is 67.1 Å². The van der Waals surface area contributed by atoms with Gasteiger partial charge in [0.25, 0.3) is 10.0 Å². The Kier molecular flexibility index (Phi) is 6.13. The van der Waals surface area contributed by atoms with Gasteiger partial charge in [0.05, 0.1) is 10.5 Å². The lowest BCUT2D eigenvalue weighted by atomic mass is 10.1. The highest BCUT2D eigenvalue weighted by molar-refractivity contribution is 7.92. The van der Waals surface area contributed by atoms with Gasteiger partial charge in [0.1, 0.15) is 0 Å². The molecule has 0 aliphatic heterocycles. The number of carboxylic acid groups (broad SMARTS) is 1. The molecule has 0 amide bonds. The maximum absolute atomic E-state index is 12.4. The van der Waals surface area contributed by atoms with E-state index in [1.807, 2.05) is 6.92 Å². The van der Waals surface area contributed by atoms with Crippen LogP contribution in [0.25, 0.3) is 6.08 Å². The predicted molar refractivity (Wildman–Crippen MR) is 115 cm³/mol. The number of aromatic carboxylic acids is 1. The molecule has 0 atom stereocenters. The topological polar surface area (TPSA) is 101 Å². The molecule has 0 saturated carbocycles. The minimum absolute atomic E-state index is 0.158. The number of rotatable bonds is 7. The lowest BCUT2D eigenvalue weighted by molar-refractivity contribution is 0.0696. The molecular formula is C23H19NO5S. The van der Waals surface area contributed by atoms with Crippen LogP contribution in [-0.2, 0) is 10.0 Å². The summed E-state index contributed by atoms with van der Waals surface area (Å²) in [5.41, 5.74) is 2.56. The van der Waals surface area contributed by atoms with E-state index in [0.29, 0.717) is 16.8 Å². The number of carboxylic acids is 1. The number of hydrogen-bond acceptors (Lipinski definition) is 4. The van der Waals surface area contributed by atoms with Crippen LogP contribution in [0.2, 0.25) is 0 Å². The van der Waals surface area contributed by atoms with Crippen LogP contribution in [-0.4, -0.2) is 25.3 Å². The SMILES string of the molecule is Cc1ccc(S(=O)(=O)Nc2ccc(C(=O)/C=C/c3ccc(C(=O)O)cc3)cc2)cc1. The van der Waals surface area contributed by atoms with Crippen molar-refractivity contribution in [3.8, 4) is 0 Å². The Bertz CT molecular complexity index is 1190. The fourth-order valence-corrected chi connectivity index (χ4v) is 3.70. The third-order valence-electron chi connectivity index (χ3n) is 4.34. The van der Waals surface area contributed by atoms with Crippen molar-refractivity contribution < 1.29 is 23.1 Å². The molecule has 0 fully saturated rings. The first-order valence-corrected chi connectivity index (χ1v) is 10.5. The van der Waals surface area contributed by atoms with Gasteiger partial charge in [-0.3, -0.25) is 9.52 Å². The Hall–Kier alpha value is -3.71. The first-order chi connectivity index (χ1) is 14.2. The highest BCUT2D eigenvalue weighted by Crippen LogP contribution is 2.18. The molecule has 3 rings (SSSR count). The van der Waals surface area contributed by atoms with Crippen LogP contribution in [0.1, 0.15) is 31.8 Å². The van der Waals surface area contributed by atoms with Crippen molar-refractivity contribution in [2.75, 3.05) is 4.72 Å². The summed E-state index contributed by atoms with van der Waals surface area (Å²) in [7, 11) is -3.71. The van der Waals surface area contributed by atoms with Gasteiger partial charge in [-0.15, -0.1) is 0 Å². The third-order valence-corrected chi connectivity index (χ3v) is 5.73. The molecule has 30 heavy (non-hydrogen) atoms. The molecule has 0 radical (unpaired) electrons. The lowest BCUT2D eigenvalue weighted by Gasteiger charge is -2.08. The molecule has 7 heteroatoms. The molecule has 0 spiro atoms. The Morgan fingerprint density at radius 2 is 1.40 bits per heavy atom. The normalized spacial score (nSPS) is 11.4. The summed E-state index contributed by atoms with van der Waals surface area (Å²) in [4.78, 5) is 23.3. The van der Waals surface area contributed by atoms with E-state index in [9.17, 15) is 18.0 Å². The minimum Gasteiger partial charge on any atom is -0.478 e. The standard InChI is InChI=1S/C23H19NO5S/c1-16-2-13-21(14-3-16)30(28,29)24-20-11-9-18(10-12-20)22(25)15-6-17-4-7-19(8-5-17)23(26)27/h2-15,24H,1H3,(H,26,27)/b15-6+. The Balaban J connectivity index is 1.68. The second kappa shape index (κ2) is 8.75. The number of nitrogens with one attached hydrogen (secondary N) is 1. The van der Waals surface area contributed by atoms with Crippen LogP contribution in [0, 0.1) is 6.92 Å². The maximum atomic E-state index is 12.4. The molecule has 3 aromatic carbocycles. The van der Waals surface area contributed by atoms with Gasteiger partial charge in [-0.2, -0.15) is 0 Å². The summed E-state index contributed by atoms with van der Waals surface area (Å²) in [6.07, 6.45) is 2.96. The van der Waals surface area contributed by atoms with E-state index in [2.05, 4.69) is 4.72 Å². The van der Waals surface area contributed by atoms with E-state index in [1.54, 1.807) is 30.3 Å². The summed E-state index contributed by atoms with van der Waals surface area (Å²) in [6, 6.07) is 18.8. The van der Waals surface area contributed by atoms with E-state index < -0.39 is 16.0 Å². The quantitative estimate of drug-likeness (QED) is 0.435. The lowest BCUT2D eigenvalue weighted by Crippen LogP contribution is -2.13. The zero-order chi connectivity index (χ0) is 21.7. The Morgan fingerprint density at radius 1 is 0.833 bits per heavy atom. The number of carbonyl (C=O) groups excluding carboxylic acids is 1. The largest absolute Gasteiger partial charge is 0.478 e. The van der Waals surface area contributed by atoms with Crippen LogP contribution < -0.4 is 4.72 Å². The molecule has 3 aromatic rings. The maximum Gasteiger partial charge on any atom is 0.335 e. The van der Waals surface area contributed by atoms with Crippen molar-refractivity contribution in [3.05, 3.63) is 101 Å². The summed E-state index contributed by atoms with van der Waals surface area (Å²) >= 11 is 0. The van der Waals surface area contributed by atoms with Gasteiger partial charge in [0, 0.05) is 11.3 Å². The number of aryl methyl sites for hydroxylation is 1. The van der Waals surface area contributed by atoms with Gasteiger partial charge < -0.3 is 5.11 Å². The zero-order valence-electron chi connectivity index (χ0n) is 16.1. The average Bonchev–Trinajstić information content (AvgIpc) is 2.73. The fourth-order valence-electron chi connectivity index (χ4n) is 2.64. The van der Waals surface area contributed by atoms with Gasteiger partial charge in [0.15, 0.2) is 5.78 Å². The van der Waals surface area contributed by atoms with E-state index in [0.717, 1.165) is 5.56 Å². The van der Waals surface area contributed by atoms with Crippen LogP contribution in [0.5, 0.6) is 0 Å².